The van der Waals surface area contributed by atoms with E-state index in [4.69, 9.17) is 40.2 Å². The molecule has 2 aromatic rings. The Morgan fingerprint density at radius 2 is 2.14 bits per heavy atom. The van der Waals surface area contributed by atoms with Crippen molar-refractivity contribution in [1.82, 2.24) is 20.1 Å². The first kappa shape index (κ1) is 16.8. The van der Waals surface area contributed by atoms with Gasteiger partial charge in [0.2, 0.25) is 0 Å². The smallest absolute Gasteiger partial charge is 0.255 e. The van der Waals surface area contributed by atoms with Crippen molar-refractivity contribution in [2.24, 2.45) is 0 Å². The number of rotatable bonds is 5. The van der Waals surface area contributed by atoms with E-state index in [0.29, 0.717) is 33.5 Å². The minimum atomic E-state index is -0.341. The van der Waals surface area contributed by atoms with E-state index in [1.54, 1.807) is 4.57 Å². The molecule has 2 rings (SSSR count). The second kappa shape index (κ2) is 7.13. The molecule has 0 saturated heterocycles. The predicted molar refractivity (Wildman–Crippen MR) is 87.3 cm³/mol. The standard InChI is InChI=1S/C13H14Cl2N4O2S/c1-3-19-11(17-18-13(19)22)6-16-12(20)7-4-8(14)9(15)5-10(7)21-2/h4-5H,3,6H2,1-2H3,(H,16,20)(H,18,22). The van der Waals surface area contributed by atoms with Crippen LogP contribution in [0.2, 0.25) is 10.0 Å². The molecule has 1 aromatic heterocycles. The molecule has 6 nitrogen and oxygen atoms in total. The lowest BCUT2D eigenvalue weighted by molar-refractivity contribution is 0.0946. The van der Waals surface area contributed by atoms with Crippen molar-refractivity contribution in [3.05, 3.63) is 38.3 Å². The maximum Gasteiger partial charge on any atom is 0.255 e. The van der Waals surface area contributed by atoms with Gasteiger partial charge >= 0.3 is 0 Å². The molecule has 0 unspecified atom stereocenters. The minimum Gasteiger partial charge on any atom is -0.496 e. The zero-order chi connectivity index (χ0) is 16.3. The van der Waals surface area contributed by atoms with Crippen LogP contribution in [0.1, 0.15) is 23.1 Å². The van der Waals surface area contributed by atoms with Gasteiger partial charge in [0.05, 0.1) is 29.3 Å². The molecule has 0 bridgehead atoms. The highest BCUT2D eigenvalue weighted by atomic mass is 35.5. The molecule has 1 heterocycles. The van der Waals surface area contributed by atoms with Gasteiger partial charge in [-0.15, -0.1) is 0 Å². The fourth-order valence-electron chi connectivity index (χ4n) is 1.94. The molecule has 2 N–H and O–H groups in total. The molecular formula is C13H14Cl2N4O2S. The summed E-state index contributed by atoms with van der Waals surface area (Å²) in [5, 5.41) is 10.1. The lowest BCUT2D eigenvalue weighted by Gasteiger charge is -2.11. The third-order valence-corrected chi connectivity index (χ3v) is 4.08. The number of ether oxygens (including phenoxy) is 1. The van der Waals surface area contributed by atoms with E-state index in [0.717, 1.165) is 0 Å². The molecule has 1 aromatic carbocycles. The molecule has 22 heavy (non-hydrogen) atoms. The lowest BCUT2D eigenvalue weighted by Crippen LogP contribution is -2.25. The summed E-state index contributed by atoms with van der Waals surface area (Å²) in [4.78, 5) is 12.3. The lowest BCUT2D eigenvalue weighted by atomic mass is 10.2. The second-order valence-electron chi connectivity index (χ2n) is 4.34. The predicted octanol–water partition coefficient (Wildman–Crippen LogP) is 3.21. The highest BCUT2D eigenvalue weighted by molar-refractivity contribution is 7.71. The van der Waals surface area contributed by atoms with Gasteiger partial charge in [-0.3, -0.25) is 9.89 Å². The van der Waals surface area contributed by atoms with Crippen LogP contribution < -0.4 is 10.1 Å². The number of aromatic nitrogens is 3. The van der Waals surface area contributed by atoms with Gasteiger partial charge in [0.15, 0.2) is 10.6 Å². The molecule has 0 spiro atoms. The molecule has 0 atom stereocenters. The van der Waals surface area contributed by atoms with E-state index in [9.17, 15) is 4.79 Å². The van der Waals surface area contributed by atoms with Crippen LogP contribution in [0.4, 0.5) is 0 Å². The van der Waals surface area contributed by atoms with E-state index >= 15 is 0 Å². The maximum absolute atomic E-state index is 12.3. The second-order valence-corrected chi connectivity index (χ2v) is 5.54. The highest BCUT2D eigenvalue weighted by Crippen LogP contribution is 2.30. The Morgan fingerprint density at radius 3 is 2.77 bits per heavy atom. The van der Waals surface area contributed by atoms with Gasteiger partial charge in [0, 0.05) is 12.6 Å². The van der Waals surface area contributed by atoms with Crippen LogP contribution in [0.15, 0.2) is 12.1 Å². The van der Waals surface area contributed by atoms with Crippen molar-refractivity contribution in [2.75, 3.05) is 7.11 Å². The number of amides is 1. The quantitative estimate of drug-likeness (QED) is 0.803. The van der Waals surface area contributed by atoms with Crippen molar-refractivity contribution < 1.29 is 9.53 Å². The van der Waals surface area contributed by atoms with E-state index in [-0.39, 0.29) is 17.5 Å². The Balaban J connectivity index is 2.19. The summed E-state index contributed by atoms with van der Waals surface area (Å²) in [6, 6.07) is 2.97. The minimum absolute atomic E-state index is 0.225. The number of carbonyl (C=O) groups is 1. The molecule has 118 valence electrons. The number of nitrogens with one attached hydrogen (secondary N) is 2. The molecule has 0 aliphatic rings. The fourth-order valence-corrected chi connectivity index (χ4v) is 2.54. The van der Waals surface area contributed by atoms with Crippen LogP contribution >= 0.6 is 35.4 Å². The number of carbonyl (C=O) groups excluding carboxylic acids is 1. The SMILES string of the molecule is CCn1c(CNC(=O)c2cc(Cl)c(Cl)cc2OC)n[nH]c1=S. The zero-order valence-corrected chi connectivity index (χ0v) is 14.3. The van der Waals surface area contributed by atoms with Crippen LogP contribution in [-0.2, 0) is 13.1 Å². The summed E-state index contributed by atoms with van der Waals surface area (Å²) in [6.07, 6.45) is 0. The average Bonchev–Trinajstić information content (AvgIpc) is 2.87. The molecule has 1 amide bonds. The van der Waals surface area contributed by atoms with Crippen molar-refractivity contribution in [3.63, 3.8) is 0 Å². The number of nitrogens with zero attached hydrogens (tertiary/aromatic N) is 2. The monoisotopic (exact) mass is 360 g/mol. The number of aromatic amines is 1. The Morgan fingerprint density at radius 1 is 1.45 bits per heavy atom. The van der Waals surface area contributed by atoms with Crippen molar-refractivity contribution in [2.45, 2.75) is 20.0 Å². The number of methoxy groups -OCH3 is 1. The van der Waals surface area contributed by atoms with Crippen LogP contribution in [0.25, 0.3) is 0 Å². The van der Waals surface area contributed by atoms with Gasteiger partial charge < -0.3 is 14.6 Å². The summed E-state index contributed by atoms with van der Waals surface area (Å²) in [5.74, 6) is 0.646. The van der Waals surface area contributed by atoms with Gasteiger partial charge in [-0.25, -0.2) is 0 Å². The molecule has 9 heteroatoms. The summed E-state index contributed by atoms with van der Waals surface area (Å²) >= 11 is 17.0. The first-order valence-corrected chi connectivity index (χ1v) is 7.59. The van der Waals surface area contributed by atoms with Gasteiger partial charge in [-0.1, -0.05) is 23.2 Å². The van der Waals surface area contributed by atoms with Crippen LogP contribution in [0.3, 0.4) is 0 Å². The summed E-state index contributed by atoms with van der Waals surface area (Å²) in [5.41, 5.74) is 0.300. The zero-order valence-electron chi connectivity index (χ0n) is 11.9. The fraction of sp³-hybridized carbons (Fsp3) is 0.308. The Bertz CT molecular complexity index is 757. The molecule has 0 aliphatic carbocycles. The van der Waals surface area contributed by atoms with Gasteiger partial charge in [-0.05, 0) is 25.2 Å². The van der Waals surface area contributed by atoms with E-state index in [1.807, 2.05) is 6.92 Å². The Hall–Kier alpha value is -1.57. The van der Waals surface area contributed by atoms with Crippen LogP contribution in [0.5, 0.6) is 5.75 Å². The number of hydrogen-bond acceptors (Lipinski definition) is 4. The Labute approximate surface area is 142 Å². The normalized spacial score (nSPS) is 10.5. The Kier molecular flexibility index (Phi) is 5.44. The van der Waals surface area contributed by atoms with E-state index in [2.05, 4.69) is 15.5 Å². The topological polar surface area (TPSA) is 71.9 Å². The maximum atomic E-state index is 12.3. The van der Waals surface area contributed by atoms with Gasteiger partial charge in [0.1, 0.15) is 5.75 Å². The molecule has 0 aliphatic heterocycles. The number of benzene rings is 1. The summed E-state index contributed by atoms with van der Waals surface area (Å²) in [6.45, 7) is 2.83. The van der Waals surface area contributed by atoms with Crippen molar-refractivity contribution >= 4 is 41.3 Å². The van der Waals surface area contributed by atoms with E-state index in [1.165, 1.54) is 19.2 Å². The average molecular weight is 361 g/mol. The summed E-state index contributed by atoms with van der Waals surface area (Å²) in [7, 11) is 1.46. The van der Waals surface area contributed by atoms with Gasteiger partial charge in [0.25, 0.3) is 5.91 Å². The molecular weight excluding hydrogens is 347 g/mol. The first-order valence-electron chi connectivity index (χ1n) is 6.43. The van der Waals surface area contributed by atoms with E-state index < -0.39 is 0 Å². The third kappa shape index (κ3) is 3.43. The molecule has 0 fully saturated rings. The van der Waals surface area contributed by atoms with Crippen LogP contribution in [0, 0.1) is 4.77 Å². The van der Waals surface area contributed by atoms with Crippen LogP contribution in [-0.4, -0.2) is 27.8 Å². The summed E-state index contributed by atoms with van der Waals surface area (Å²) < 4.78 is 7.46. The number of halogens is 2. The van der Waals surface area contributed by atoms with Crippen molar-refractivity contribution in [1.29, 1.82) is 0 Å². The van der Waals surface area contributed by atoms with Crippen molar-refractivity contribution in [3.8, 4) is 5.75 Å². The number of hydrogen-bond donors (Lipinski definition) is 2. The number of H-pyrrole nitrogens is 1. The third-order valence-electron chi connectivity index (χ3n) is 3.05. The highest BCUT2D eigenvalue weighted by Gasteiger charge is 2.16. The molecule has 0 radical (unpaired) electrons. The molecule has 0 saturated carbocycles. The van der Waals surface area contributed by atoms with Gasteiger partial charge in [-0.2, -0.15) is 5.10 Å². The largest absolute Gasteiger partial charge is 0.496 e. The first-order chi connectivity index (χ1) is 10.5.